The normalized spacial score (nSPS) is 19.3. The lowest BCUT2D eigenvalue weighted by Gasteiger charge is -2.26. The van der Waals surface area contributed by atoms with Gasteiger partial charge in [-0.3, -0.25) is 9.78 Å². The number of amides is 1. The predicted octanol–water partition coefficient (Wildman–Crippen LogP) is 3.91. The third-order valence-corrected chi connectivity index (χ3v) is 5.09. The number of nitrogens with zero attached hydrogens (tertiary/aromatic N) is 1. The van der Waals surface area contributed by atoms with Crippen molar-refractivity contribution in [1.29, 1.82) is 0 Å². The summed E-state index contributed by atoms with van der Waals surface area (Å²) >= 11 is 0. The van der Waals surface area contributed by atoms with Gasteiger partial charge in [-0.1, -0.05) is 37.3 Å². The average molecular weight is 366 g/mol. The van der Waals surface area contributed by atoms with E-state index in [1.807, 2.05) is 30.3 Å². The second-order valence-corrected chi connectivity index (χ2v) is 7.30. The van der Waals surface area contributed by atoms with Crippen LogP contribution in [0.5, 0.6) is 0 Å². The van der Waals surface area contributed by atoms with Crippen molar-refractivity contribution in [3.05, 3.63) is 53.7 Å². The second-order valence-electron chi connectivity index (χ2n) is 7.30. The van der Waals surface area contributed by atoms with Crippen LogP contribution in [0.3, 0.4) is 0 Å². The molecule has 5 nitrogen and oxygen atoms in total. The molecule has 0 saturated heterocycles. The average Bonchev–Trinajstić information content (AvgIpc) is 2.68. The topological polar surface area (TPSA) is 68.3 Å². The molecule has 1 amide bonds. The van der Waals surface area contributed by atoms with Gasteiger partial charge in [0.2, 0.25) is 0 Å². The first-order chi connectivity index (χ1) is 13.0. The third kappa shape index (κ3) is 5.16. The maximum Gasteiger partial charge on any atom is 0.340 e. The number of hydrogen-bond acceptors (Lipinski definition) is 4. The summed E-state index contributed by atoms with van der Waals surface area (Å²) in [4.78, 5) is 28.9. The summed E-state index contributed by atoms with van der Waals surface area (Å²) in [6.07, 6.45) is 4.24. The number of rotatable bonds is 5. The van der Waals surface area contributed by atoms with Crippen LogP contribution in [0.25, 0.3) is 11.3 Å². The summed E-state index contributed by atoms with van der Waals surface area (Å²) in [6, 6.07) is 13.5. The fourth-order valence-corrected chi connectivity index (χ4v) is 3.43. The highest BCUT2D eigenvalue weighted by Crippen LogP contribution is 2.23. The van der Waals surface area contributed by atoms with Crippen LogP contribution in [-0.4, -0.2) is 29.5 Å². The SMILES string of the molecule is Cc1nc(-c2ccccc2)ccc1C(=O)OCC(=O)NC1CCC(C)CC1. The van der Waals surface area contributed by atoms with Crippen LogP contribution in [0.1, 0.15) is 48.7 Å². The van der Waals surface area contributed by atoms with Crippen molar-refractivity contribution in [1.82, 2.24) is 10.3 Å². The molecule has 1 fully saturated rings. The number of hydrogen-bond donors (Lipinski definition) is 1. The number of esters is 1. The molecule has 142 valence electrons. The number of ether oxygens (including phenoxy) is 1. The minimum Gasteiger partial charge on any atom is -0.452 e. The fourth-order valence-electron chi connectivity index (χ4n) is 3.43. The molecule has 0 radical (unpaired) electrons. The Kier molecular flexibility index (Phi) is 6.22. The van der Waals surface area contributed by atoms with Gasteiger partial charge in [-0.25, -0.2) is 4.79 Å². The number of nitrogens with one attached hydrogen (secondary N) is 1. The molecular weight excluding hydrogens is 340 g/mol. The van der Waals surface area contributed by atoms with Gasteiger partial charge in [-0.05, 0) is 50.7 Å². The van der Waals surface area contributed by atoms with Crippen molar-refractivity contribution in [3.63, 3.8) is 0 Å². The number of aromatic nitrogens is 1. The number of pyridine rings is 1. The molecule has 1 heterocycles. The number of aryl methyl sites for hydroxylation is 1. The Morgan fingerprint density at radius 2 is 1.78 bits per heavy atom. The molecule has 1 N–H and O–H groups in total. The van der Waals surface area contributed by atoms with Crippen LogP contribution in [0, 0.1) is 12.8 Å². The van der Waals surface area contributed by atoms with E-state index in [9.17, 15) is 9.59 Å². The Balaban J connectivity index is 1.54. The first kappa shape index (κ1) is 19.1. The molecule has 27 heavy (non-hydrogen) atoms. The van der Waals surface area contributed by atoms with Gasteiger partial charge in [0.25, 0.3) is 5.91 Å². The Hall–Kier alpha value is -2.69. The molecule has 3 rings (SSSR count). The summed E-state index contributed by atoms with van der Waals surface area (Å²) in [6.45, 7) is 3.75. The third-order valence-electron chi connectivity index (χ3n) is 5.09. The minimum atomic E-state index is -0.521. The van der Waals surface area contributed by atoms with Crippen molar-refractivity contribution in [3.8, 4) is 11.3 Å². The minimum absolute atomic E-state index is 0.195. The van der Waals surface area contributed by atoms with Crippen LogP contribution in [0.15, 0.2) is 42.5 Å². The lowest BCUT2D eigenvalue weighted by atomic mass is 9.87. The lowest BCUT2D eigenvalue weighted by Crippen LogP contribution is -2.39. The van der Waals surface area contributed by atoms with Crippen LogP contribution in [0.4, 0.5) is 0 Å². The zero-order valence-corrected chi connectivity index (χ0v) is 15.9. The maximum atomic E-state index is 12.3. The summed E-state index contributed by atoms with van der Waals surface area (Å²) in [7, 11) is 0. The van der Waals surface area contributed by atoms with Crippen LogP contribution < -0.4 is 5.32 Å². The van der Waals surface area contributed by atoms with Gasteiger partial charge in [0.15, 0.2) is 6.61 Å². The van der Waals surface area contributed by atoms with Crippen LogP contribution in [-0.2, 0) is 9.53 Å². The monoisotopic (exact) mass is 366 g/mol. The van der Waals surface area contributed by atoms with Crippen LogP contribution in [0.2, 0.25) is 0 Å². The van der Waals surface area contributed by atoms with Gasteiger partial charge >= 0.3 is 5.97 Å². The largest absolute Gasteiger partial charge is 0.452 e. The van der Waals surface area contributed by atoms with E-state index < -0.39 is 5.97 Å². The molecule has 0 bridgehead atoms. The highest BCUT2D eigenvalue weighted by Gasteiger charge is 2.21. The fraction of sp³-hybridized carbons (Fsp3) is 0.409. The van der Waals surface area contributed by atoms with Gasteiger partial charge < -0.3 is 10.1 Å². The predicted molar refractivity (Wildman–Crippen MR) is 104 cm³/mol. The zero-order valence-electron chi connectivity index (χ0n) is 15.9. The number of carbonyl (C=O) groups excluding carboxylic acids is 2. The van der Waals surface area contributed by atoms with E-state index in [0.717, 1.165) is 42.9 Å². The zero-order chi connectivity index (χ0) is 19.2. The van der Waals surface area contributed by atoms with Crippen molar-refractivity contribution in [2.24, 2.45) is 5.92 Å². The van der Waals surface area contributed by atoms with Gasteiger partial charge in [0, 0.05) is 11.6 Å². The molecule has 0 atom stereocenters. The van der Waals surface area contributed by atoms with E-state index in [2.05, 4.69) is 17.2 Å². The van der Waals surface area contributed by atoms with E-state index in [0.29, 0.717) is 11.3 Å². The van der Waals surface area contributed by atoms with Gasteiger partial charge in [0.05, 0.1) is 17.0 Å². The molecular formula is C22H26N2O3. The molecule has 5 heteroatoms. The molecule has 0 aliphatic heterocycles. The highest BCUT2D eigenvalue weighted by molar-refractivity contribution is 5.92. The van der Waals surface area contributed by atoms with Crippen molar-refractivity contribution in [2.45, 2.75) is 45.6 Å². The Labute approximate surface area is 160 Å². The molecule has 1 saturated carbocycles. The quantitative estimate of drug-likeness (QED) is 0.815. The molecule has 0 spiro atoms. The van der Waals surface area contributed by atoms with E-state index >= 15 is 0 Å². The van der Waals surface area contributed by atoms with E-state index in [4.69, 9.17) is 4.74 Å². The molecule has 1 aliphatic carbocycles. The highest BCUT2D eigenvalue weighted by atomic mass is 16.5. The Bertz CT molecular complexity index is 796. The summed E-state index contributed by atoms with van der Waals surface area (Å²) in [5, 5.41) is 2.96. The van der Waals surface area contributed by atoms with Crippen molar-refractivity contribution in [2.75, 3.05) is 6.61 Å². The van der Waals surface area contributed by atoms with Crippen molar-refractivity contribution >= 4 is 11.9 Å². The smallest absolute Gasteiger partial charge is 0.340 e. The number of benzene rings is 1. The summed E-state index contributed by atoms with van der Waals surface area (Å²) in [5.74, 6) is -0.0354. The lowest BCUT2D eigenvalue weighted by molar-refractivity contribution is -0.125. The molecule has 1 aromatic carbocycles. The van der Waals surface area contributed by atoms with Gasteiger partial charge in [0.1, 0.15) is 0 Å². The molecule has 2 aromatic rings. The molecule has 1 aliphatic rings. The first-order valence-corrected chi connectivity index (χ1v) is 9.52. The van der Waals surface area contributed by atoms with E-state index in [-0.39, 0.29) is 18.6 Å². The van der Waals surface area contributed by atoms with Crippen LogP contribution >= 0.6 is 0 Å². The summed E-state index contributed by atoms with van der Waals surface area (Å²) < 4.78 is 5.19. The number of carbonyl (C=O) groups is 2. The Morgan fingerprint density at radius 3 is 2.44 bits per heavy atom. The molecule has 0 unspecified atom stereocenters. The van der Waals surface area contributed by atoms with Crippen molar-refractivity contribution < 1.29 is 14.3 Å². The Morgan fingerprint density at radius 1 is 1.07 bits per heavy atom. The standard InChI is InChI=1S/C22H26N2O3/c1-15-8-10-18(11-9-15)24-21(25)14-27-22(26)19-12-13-20(23-16(19)2)17-6-4-3-5-7-17/h3-7,12-13,15,18H,8-11,14H2,1-2H3,(H,24,25). The van der Waals surface area contributed by atoms with E-state index in [1.165, 1.54) is 0 Å². The molecule has 1 aromatic heterocycles. The second kappa shape index (κ2) is 8.80. The van der Waals surface area contributed by atoms with Gasteiger partial charge in [-0.15, -0.1) is 0 Å². The first-order valence-electron chi connectivity index (χ1n) is 9.52. The summed E-state index contributed by atoms with van der Waals surface area (Å²) in [5.41, 5.74) is 2.76. The van der Waals surface area contributed by atoms with E-state index in [1.54, 1.807) is 19.1 Å². The van der Waals surface area contributed by atoms with Gasteiger partial charge in [-0.2, -0.15) is 0 Å². The maximum absolute atomic E-state index is 12.3.